The Morgan fingerprint density at radius 2 is 1.72 bits per heavy atom. The van der Waals surface area contributed by atoms with Gasteiger partial charge < -0.3 is 15.0 Å². The highest BCUT2D eigenvalue weighted by atomic mass is 127. The Labute approximate surface area is 209 Å². The number of benzene rings is 2. The summed E-state index contributed by atoms with van der Waals surface area (Å²) in [6, 6.07) is 15.4. The van der Waals surface area contributed by atoms with Gasteiger partial charge in [0.2, 0.25) is 10.0 Å². The molecule has 0 radical (unpaired) electrons. The normalized spacial score (nSPS) is 11.8. The van der Waals surface area contributed by atoms with Crippen molar-refractivity contribution in [3.8, 4) is 5.75 Å². The van der Waals surface area contributed by atoms with E-state index in [0.29, 0.717) is 19.7 Å². The van der Waals surface area contributed by atoms with E-state index in [-0.39, 0.29) is 35.8 Å². The van der Waals surface area contributed by atoms with Gasteiger partial charge in [0.05, 0.1) is 12.4 Å². The maximum atomic E-state index is 12.4. The molecule has 0 spiro atoms. The van der Waals surface area contributed by atoms with Crippen LogP contribution in [0.15, 0.2) is 53.5 Å². The van der Waals surface area contributed by atoms with E-state index < -0.39 is 10.0 Å². The minimum absolute atomic E-state index is 0. The Morgan fingerprint density at radius 1 is 1.09 bits per heavy atom. The van der Waals surface area contributed by atoms with Crippen LogP contribution in [0, 0.1) is 0 Å². The first-order valence-electron chi connectivity index (χ1n) is 10.4. The molecule has 0 aliphatic carbocycles. The van der Waals surface area contributed by atoms with Crippen LogP contribution in [0.5, 0.6) is 5.75 Å². The van der Waals surface area contributed by atoms with Crippen LogP contribution < -0.4 is 14.8 Å². The largest absolute Gasteiger partial charge is 0.494 e. The molecule has 178 valence electrons. The molecule has 9 heteroatoms. The van der Waals surface area contributed by atoms with Crippen LogP contribution in [-0.2, 0) is 28.9 Å². The number of halogens is 1. The molecule has 0 fully saturated rings. The molecule has 0 saturated heterocycles. The van der Waals surface area contributed by atoms with E-state index in [1.807, 2.05) is 81.2 Å². The topological polar surface area (TPSA) is 83.0 Å². The lowest BCUT2D eigenvalue weighted by molar-refractivity contribution is 0.340. The van der Waals surface area contributed by atoms with Gasteiger partial charge in [-0.1, -0.05) is 36.4 Å². The zero-order valence-electron chi connectivity index (χ0n) is 19.5. The van der Waals surface area contributed by atoms with Crippen LogP contribution in [0.1, 0.15) is 37.5 Å². The fourth-order valence-electron chi connectivity index (χ4n) is 3.24. The highest BCUT2D eigenvalue weighted by molar-refractivity contribution is 14.0. The third-order valence-corrected chi connectivity index (χ3v) is 6.07. The number of aliphatic imine (C=N–C) groups is 1. The van der Waals surface area contributed by atoms with Crippen molar-refractivity contribution in [3.05, 3.63) is 65.2 Å². The lowest BCUT2D eigenvalue weighted by atomic mass is 10.1. The van der Waals surface area contributed by atoms with Gasteiger partial charge in [0.15, 0.2) is 5.96 Å². The number of guanidine groups is 1. The van der Waals surface area contributed by atoms with Crippen LogP contribution in [0.3, 0.4) is 0 Å². The fraction of sp³-hybridized carbons (Fsp3) is 0.435. The summed E-state index contributed by atoms with van der Waals surface area (Å²) in [6.45, 7) is 7.40. The van der Waals surface area contributed by atoms with Gasteiger partial charge >= 0.3 is 0 Å². The first-order chi connectivity index (χ1) is 14.7. The van der Waals surface area contributed by atoms with Crippen LogP contribution in [0.2, 0.25) is 0 Å². The van der Waals surface area contributed by atoms with Crippen molar-refractivity contribution in [1.29, 1.82) is 0 Å². The van der Waals surface area contributed by atoms with Gasteiger partial charge in [0.25, 0.3) is 0 Å². The van der Waals surface area contributed by atoms with E-state index in [1.165, 1.54) is 0 Å². The molecule has 0 aromatic heterocycles. The van der Waals surface area contributed by atoms with E-state index in [0.717, 1.165) is 28.4 Å². The van der Waals surface area contributed by atoms with Crippen molar-refractivity contribution in [2.45, 2.75) is 45.7 Å². The second-order valence-corrected chi connectivity index (χ2v) is 9.39. The summed E-state index contributed by atoms with van der Waals surface area (Å²) in [5.41, 5.74) is 2.83. The summed E-state index contributed by atoms with van der Waals surface area (Å²) >= 11 is 0. The van der Waals surface area contributed by atoms with E-state index in [4.69, 9.17) is 4.74 Å². The average molecular weight is 575 g/mol. The van der Waals surface area contributed by atoms with Crippen molar-refractivity contribution in [3.63, 3.8) is 0 Å². The molecule has 0 saturated carbocycles. The Morgan fingerprint density at radius 3 is 2.28 bits per heavy atom. The summed E-state index contributed by atoms with van der Waals surface area (Å²) in [4.78, 5) is 6.39. The monoisotopic (exact) mass is 574 g/mol. The highest BCUT2D eigenvalue weighted by Gasteiger charge is 2.16. The summed E-state index contributed by atoms with van der Waals surface area (Å²) in [7, 11) is 0.309. The van der Waals surface area contributed by atoms with Crippen molar-refractivity contribution >= 4 is 40.0 Å². The molecule has 0 aliphatic rings. The number of nitrogens with one attached hydrogen (secondary N) is 2. The summed E-state index contributed by atoms with van der Waals surface area (Å²) in [5, 5.41) is 3.34. The molecule has 0 bridgehead atoms. The summed E-state index contributed by atoms with van der Waals surface area (Å²) in [5.74, 6) is 1.53. The fourth-order valence-corrected chi connectivity index (χ4v) is 4.73. The second kappa shape index (κ2) is 13.6. The molecular weight excluding hydrogens is 539 g/mol. The van der Waals surface area contributed by atoms with Gasteiger partial charge in [-0.25, -0.2) is 13.1 Å². The Bertz CT molecular complexity index is 963. The average Bonchev–Trinajstić information content (AvgIpc) is 2.70. The van der Waals surface area contributed by atoms with Crippen LogP contribution in [-0.4, -0.2) is 46.0 Å². The molecule has 32 heavy (non-hydrogen) atoms. The number of ether oxygens (including phenoxy) is 1. The van der Waals surface area contributed by atoms with Crippen LogP contribution >= 0.6 is 24.0 Å². The molecule has 2 N–H and O–H groups in total. The SMILES string of the molecule is CCOc1ccc(CN(C)C(=NC)NCc2ccccc2CS(=O)(=O)NC(C)C)cc1.I. The number of hydrogen-bond acceptors (Lipinski definition) is 4. The minimum Gasteiger partial charge on any atom is -0.494 e. The molecule has 2 aromatic carbocycles. The number of hydrogen-bond donors (Lipinski definition) is 2. The van der Waals surface area contributed by atoms with Crippen LogP contribution in [0.4, 0.5) is 0 Å². The van der Waals surface area contributed by atoms with Gasteiger partial charge in [-0.3, -0.25) is 4.99 Å². The predicted octanol–water partition coefficient (Wildman–Crippen LogP) is 3.74. The Hall–Kier alpha value is -1.85. The number of nitrogens with zero attached hydrogens (tertiary/aromatic N) is 2. The lowest BCUT2D eigenvalue weighted by Crippen LogP contribution is -2.38. The summed E-state index contributed by atoms with van der Waals surface area (Å²) in [6.07, 6.45) is 0. The zero-order chi connectivity index (χ0) is 22.9. The highest BCUT2D eigenvalue weighted by Crippen LogP contribution is 2.15. The quantitative estimate of drug-likeness (QED) is 0.257. The maximum absolute atomic E-state index is 12.4. The van der Waals surface area contributed by atoms with Crippen molar-refractivity contribution < 1.29 is 13.2 Å². The minimum atomic E-state index is -3.39. The molecule has 0 atom stereocenters. The van der Waals surface area contributed by atoms with E-state index in [1.54, 1.807) is 7.05 Å². The molecule has 0 aliphatic heterocycles. The van der Waals surface area contributed by atoms with Crippen molar-refractivity contribution in [2.24, 2.45) is 4.99 Å². The standard InChI is InChI=1S/C23H34N4O3S.HI/c1-6-30-22-13-11-19(12-14-22)16-27(5)23(24-4)25-15-20-9-7-8-10-21(20)17-31(28,29)26-18(2)3;/h7-14,18,26H,6,15-17H2,1-5H3,(H,24,25);1H. The molecule has 7 nitrogen and oxygen atoms in total. The van der Waals surface area contributed by atoms with Gasteiger partial charge in [-0.2, -0.15) is 0 Å². The third-order valence-electron chi connectivity index (χ3n) is 4.54. The molecule has 2 rings (SSSR count). The maximum Gasteiger partial charge on any atom is 0.216 e. The smallest absolute Gasteiger partial charge is 0.216 e. The molecule has 0 unspecified atom stereocenters. The molecule has 2 aromatic rings. The van der Waals surface area contributed by atoms with E-state index in [9.17, 15) is 8.42 Å². The van der Waals surface area contributed by atoms with E-state index in [2.05, 4.69) is 15.0 Å². The Kier molecular flexibility index (Phi) is 12.0. The predicted molar refractivity (Wildman–Crippen MR) is 142 cm³/mol. The van der Waals surface area contributed by atoms with Gasteiger partial charge in [0, 0.05) is 33.2 Å². The lowest BCUT2D eigenvalue weighted by Gasteiger charge is -2.23. The summed E-state index contributed by atoms with van der Waals surface area (Å²) < 4.78 is 32.9. The van der Waals surface area contributed by atoms with Gasteiger partial charge in [-0.05, 0) is 49.6 Å². The number of rotatable bonds is 10. The second-order valence-electron chi connectivity index (χ2n) is 7.63. The van der Waals surface area contributed by atoms with Crippen molar-refractivity contribution in [1.82, 2.24) is 14.9 Å². The van der Waals surface area contributed by atoms with Gasteiger partial charge in [0.1, 0.15) is 5.75 Å². The third kappa shape index (κ3) is 9.33. The molecule has 0 heterocycles. The van der Waals surface area contributed by atoms with E-state index >= 15 is 0 Å². The first kappa shape index (κ1) is 28.2. The van der Waals surface area contributed by atoms with Gasteiger partial charge in [-0.15, -0.1) is 24.0 Å². The van der Waals surface area contributed by atoms with Crippen molar-refractivity contribution in [2.75, 3.05) is 20.7 Å². The number of sulfonamides is 1. The molecule has 0 amide bonds. The first-order valence-corrected chi connectivity index (χ1v) is 12.1. The van der Waals surface area contributed by atoms with Crippen LogP contribution in [0.25, 0.3) is 0 Å². The zero-order valence-corrected chi connectivity index (χ0v) is 22.6. The molecular formula is C23H35IN4O3S. The Balaban J connectivity index is 0.00000512.